The Morgan fingerprint density at radius 1 is 1.28 bits per heavy atom. The average Bonchev–Trinajstić information content (AvgIpc) is 2.58. The molecule has 25 heavy (non-hydrogen) atoms. The monoisotopic (exact) mass is 339 g/mol. The zero-order valence-electron chi connectivity index (χ0n) is 14.9. The van der Waals surface area contributed by atoms with Crippen molar-refractivity contribution in [3.05, 3.63) is 46.0 Å². The van der Waals surface area contributed by atoms with Crippen LogP contribution in [0.25, 0.3) is 0 Å². The van der Waals surface area contributed by atoms with Gasteiger partial charge in [-0.1, -0.05) is 19.4 Å². The maximum atomic E-state index is 12.5. The summed E-state index contributed by atoms with van der Waals surface area (Å²) in [6, 6.07) is 7.98. The Balaban J connectivity index is 1.75. The quantitative estimate of drug-likeness (QED) is 0.930. The van der Waals surface area contributed by atoms with Crippen molar-refractivity contribution in [2.75, 3.05) is 23.7 Å². The summed E-state index contributed by atoms with van der Waals surface area (Å²) in [6.45, 7) is 5.92. The van der Waals surface area contributed by atoms with Crippen LogP contribution in [-0.2, 0) is 0 Å². The summed E-state index contributed by atoms with van der Waals surface area (Å²) in [4.78, 5) is 23.5. The highest BCUT2D eigenvalue weighted by Crippen LogP contribution is 2.43. The van der Waals surface area contributed by atoms with Gasteiger partial charge in [0.15, 0.2) is 0 Å². The summed E-state index contributed by atoms with van der Waals surface area (Å²) < 4.78 is 2.07. The third kappa shape index (κ3) is 2.79. The summed E-state index contributed by atoms with van der Waals surface area (Å²) in [5.74, 6) is 2.05. The van der Waals surface area contributed by atoms with Crippen LogP contribution in [0.3, 0.4) is 0 Å². The van der Waals surface area contributed by atoms with Crippen molar-refractivity contribution in [2.24, 2.45) is 5.92 Å². The molecule has 2 aliphatic heterocycles. The van der Waals surface area contributed by atoms with Gasteiger partial charge < -0.3 is 15.2 Å². The maximum Gasteiger partial charge on any atom is 0.250 e. The van der Waals surface area contributed by atoms with Gasteiger partial charge >= 0.3 is 0 Å². The molecule has 1 fully saturated rings. The molecule has 0 aliphatic carbocycles. The number of anilines is 2. The van der Waals surface area contributed by atoms with Gasteiger partial charge in [-0.25, -0.2) is 4.98 Å². The average molecular weight is 339 g/mol. The first kappa shape index (κ1) is 16.1. The predicted octanol–water partition coefficient (Wildman–Crippen LogP) is 2.49. The van der Waals surface area contributed by atoms with Crippen LogP contribution in [0.2, 0.25) is 0 Å². The van der Waals surface area contributed by atoms with E-state index in [-0.39, 0.29) is 11.6 Å². The molecule has 132 valence electrons. The summed E-state index contributed by atoms with van der Waals surface area (Å²) in [7, 11) is 0. The highest BCUT2D eigenvalue weighted by Gasteiger charge is 2.40. The number of pyridine rings is 1. The first-order valence-electron chi connectivity index (χ1n) is 9.14. The lowest BCUT2D eigenvalue weighted by atomic mass is 9.77. The number of nitrogens with zero attached hydrogens (tertiary/aromatic N) is 4. The van der Waals surface area contributed by atoms with E-state index < -0.39 is 0 Å². The lowest BCUT2D eigenvalue weighted by molar-refractivity contribution is 0.201. The van der Waals surface area contributed by atoms with Gasteiger partial charge in [0.05, 0.1) is 0 Å². The molecule has 2 aromatic heterocycles. The normalized spacial score (nSPS) is 24.9. The number of piperidine rings is 1. The first-order valence-corrected chi connectivity index (χ1v) is 9.14. The number of hydrogen-bond acceptors (Lipinski definition) is 5. The van der Waals surface area contributed by atoms with E-state index in [1.54, 1.807) is 6.07 Å². The van der Waals surface area contributed by atoms with Crippen LogP contribution in [0.15, 0.2) is 29.1 Å². The fraction of sp³-hybridized carbons (Fsp3) is 0.526. The Morgan fingerprint density at radius 2 is 2.12 bits per heavy atom. The molecule has 0 aromatic carbocycles. The Bertz CT molecular complexity index is 826. The Kier molecular flexibility index (Phi) is 3.98. The topological polar surface area (TPSA) is 77.0 Å². The first-order chi connectivity index (χ1) is 12.1. The molecular weight excluding hydrogens is 314 g/mol. The second kappa shape index (κ2) is 6.17. The molecule has 4 rings (SSSR count). The minimum absolute atomic E-state index is 0.140. The van der Waals surface area contributed by atoms with E-state index in [0.717, 1.165) is 43.9 Å². The number of hydrogen-bond donors (Lipinski definition) is 1. The third-order valence-corrected chi connectivity index (χ3v) is 5.56. The molecule has 0 radical (unpaired) electrons. The maximum absolute atomic E-state index is 12.5. The molecule has 1 saturated heterocycles. The molecule has 4 heterocycles. The second-order valence-corrected chi connectivity index (χ2v) is 7.34. The van der Waals surface area contributed by atoms with E-state index in [1.807, 2.05) is 19.1 Å². The number of nitrogen functional groups attached to an aromatic ring is 1. The molecule has 0 saturated carbocycles. The predicted molar refractivity (Wildman–Crippen MR) is 98.9 cm³/mol. The SMILES string of the molecule is CCC[C@H]1[C@H]2C[C@H](CN(c3cc(C)nc(N)n3)C2)c2cccc(=O)n21. The van der Waals surface area contributed by atoms with Crippen molar-refractivity contribution in [1.82, 2.24) is 14.5 Å². The van der Waals surface area contributed by atoms with Gasteiger partial charge in [-0.15, -0.1) is 0 Å². The van der Waals surface area contributed by atoms with Gasteiger partial charge in [-0.05, 0) is 31.7 Å². The van der Waals surface area contributed by atoms with Crippen molar-refractivity contribution >= 4 is 11.8 Å². The van der Waals surface area contributed by atoms with E-state index in [9.17, 15) is 4.79 Å². The fourth-order valence-electron chi connectivity index (χ4n) is 4.63. The van der Waals surface area contributed by atoms with Crippen LogP contribution in [-0.4, -0.2) is 27.6 Å². The molecular formula is C19H25N5O. The van der Waals surface area contributed by atoms with Gasteiger partial charge in [0.1, 0.15) is 5.82 Å². The van der Waals surface area contributed by atoms with E-state index >= 15 is 0 Å². The van der Waals surface area contributed by atoms with Crippen LogP contribution >= 0.6 is 0 Å². The van der Waals surface area contributed by atoms with E-state index in [4.69, 9.17) is 5.73 Å². The third-order valence-electron chi connectivity index (χ3n) is 5.56. The highest BCUT2D eigenvalue weighted by atomic mass is 16.1. The lowest BCUT2D eigenvalue weighted by Crippen LogP contribution is -2.49. The van der Waals surface area contributed by atoms with E-state index in [0.29, 0.717) is 17.8 Å². The van der Waals surface area contributed by atoms with Gasteiger partial charge in [0.2, 0.25) is 5.95 Å². The molecule has 2 aliphatic rings. The van der Waals surface area contributed by atoms with Crippen molar-refractivity contribution in [2.45, 2.75) is 45.1 Å². The summed E-state index contributed by atoms with van der Waals surface area (Å²) in [5, 5.41) is 0. The molecule has 6 nitrogen and oxygen atoms in total. The molecule has 0 unspecified atom stereocenters. The van der Waals surface area contributed by atoms with Gasteiger partial charge in [0, 0.05) is 48.6 Å². The zero-order valence-corrected chi connectivity index (χ0v) is 14.9. The number of aromatic nitrogens is 3. The van der Waals surface area contributed by atoms with Crippen molar-refractivity contribution < 1.29 is 0 Å². The Hall–Kier alpha value is -2.37. The van der Waals surface area contributed by atoms with Crippen LogP contribution < -0.4 is 16.2 Å². The number of rotatable bonds is 3. The van der Waals surface area contributed by atoms with Crippen LogP contribution in [0, 0.1) is 12.8 Å². The van der Waals surface area contributed by atoms with E-state index in [2.05, 4.69) is 32.4 Å². The lowest BCUT2D eigenvalue weighted by Gasteiger charge is -2.47. The number of fused-ring (bicyclic) bond motifs is 4. The number of aryl methyl sites for hydroxylation is 1. The molecule has 3 atom stereocenters. The van der Waals surface area contributed by atoms with Crippen molar-refractivity contribution in [3.63, 3.8) is 0 Å². The van der Waals surface area contributed by atoms with Crippen LogP contribution in [0.5, 0.6) is 0 Å². The van der Waals surface area contributed by atoms with Crippen molar-refractivity contribution in [3.8, 4) is 0 Å². The molecule has 0 amide bonds. The molecule has 0 spiro atoms. The Labute approximate surface area is 147 Å². The van der Waals surface area contributed by atoms with Crippen LogP contribution in [0.4, 0.5) is 11.8 Å². The smallest absolute Gasteiger partial charge is 0.250 e. The second-order valence-electron chi connectivity index (χ2n) is 7.34. The van der Waals surface area contributed by atoms with Crippen LogP contribution in [0.1, 0.15) is 49.5 Å². The van der Waals surface area contributed by atoms with Gasteiger partial charge in [-0.3, -0.25) is 4.79 Å². The van der Waals surface area contributed by atoms with Gasteiger partial charge in [0.25, 0.3) is 5.56 Å². The van der Waals surface area contributed by atoms with Crippen molar-refractivity contribution in [1.29, 1.82) is 0 Å². The minimum atomic E-state index is 0.140. The molecule has 2 aromatic rings. The highest BCUT2D eigenvalue weighted by molar-refractivity contribution is 5.45. The molecule has 6 heteroatoms. The standard InChI is InChI=1S/C19H25N5O/c1-3-5-15-13-9-14(16-6-4-7-18(25)24(15)16)11-23(10-13)17-8-12(2)21-19(20)22-17/h4,6-8,13-15H,3,5,9-11H2,1-2H3,(H2,20,21,22)/t13-,14+,15-/m0/s1. The zero-order chi connectivity index (χ0) is 17.6. The minimum Gasteiger partial charge on any atom is -0.368 e. The summed E-state index contributed by atoms with van der Waals surface area (Å²) >= 11 is 0. The van der Waals surface area contributed by atoms with Gasteiger partial charge in [-0.2, -0.15) is 4.98 Å². The van der Waals surface area contributed by atoms with E-state index in [1.165, 1.54) is 5.69 Å². The molecule has 2 N–H and O–H groups in total. The Morgan fingerprint density at radius 3 is 2.88 bits per heavy atom. The summed E-state index contributed by atoms with van der Waals surface area (Å²) in [6.07, 6.45) is 3.25. The fourth-order valence-corrected chi connectivity index (χ4v) is 4.63. The largest absolute Gasteiger partial charge is 0.368 e. The molecule has 2 bridgehead atoms. The summed E-state index contributed by atoms with van der Waals surface area (Å²) in [5.41, 5.74) is 8.06. The number of nitrogens with two attached hydrogens (primary N) is 1.